The molecule has 0 bridgehead atoms. The predicted octanol–water partition coefficient (Wildman–Crippen LogP) is 3.98. The second-order valence-corrected chi connectivity index (χ2v) is 6.70. The lowest BCUT2D eigenvalue weighted by molar-refractivity contribution is -0.384. The monoisotopic (exact) mass is 396 g/mol. The minimum absolute atomic E-state index is 0.00133. The van der Waals surface area contributed by atoms with Crippen LogP contribution in [0.4, 0.5) is 17.1 Å². The average Bonchev–Trinajstić information content (AvgIpc) is 2.69. The van der Waals surface area contributed by atoms with Gasteiger partial charge in [-0.3, -0.25) is 14.9 Å². The van der Waals surface area contributed by atoms with E-state index in [0.29, 0.717) is 21.8 Å². The van der Waals surface area contributed by atoms with Crippen molar-refractivity contribution in [1.82, 2.24) is 4.98 Å². The molecule has 3 aromatic rings. The summed E-state index contributed by atoms with van der Waals surface area (Å²) in [6.45, 7) is 0. The summed E-state index contributed by atoms with van der Waals surface area (Å²) in [4.78, 5) is 28.6. The number of benzene rings is 2. The van der Waals surface area contributed by atoms with Gasteiger partial charge in [0.15, 0.2) is 0 Å². The SMILES string of the molecule is COc1ncccc1NC(=O)c1c(N)cccc1Sc1ccc([N+](=O)[O-])cc1. The molecule has 0 unspecified atom stereocenters. The van der Waals surface area contributed by atoms with Gasteiger partial charge in [-0.2, -0.15) is 0 Å². The zero-order chi connectivity index (χ0) is 20.1. The van der Waals surface area contributed by atoms with Crippen molar-refractivity contribution in [2.45, 2.75) is 9.79 Å². The zero-order valence-electron chi connectivity index (χ0n) is 14.8. The lowest BCUT2D eigenvalue weighted by Gasteiger charge is -2.13. The van der Waals surface area contributed by atoms with Crippen molar-refractivity contribution >= 4 is 34.7 Å². The number of nitro benzene ring substituents is 1. The molecule has 0 saturated carbocycles. The molecule has 1 heterocycles. The summed E-state index contributed by atoms with van der Waals surface area (Å²) in [5.74, 6) is -0.122. The van der Waals surface area contributed by atoms with E-state index in [4.69, 9.17) is 10.5 Å². The van der Waals surface area contributed by atoms with Gasteiger partial charge in [0, 0.05) is 33.8 Å². The summed E-state index contributed by atoms with van der Waals surface area (Å²) in [6.07, 6.45) is 1.56. The van der Waals surface area contributed by atoms with E-state index in [1.165, 1.54) is 31.0 Å². The topological polar surface area (TPSA) is 120 Å². The number of nitrogen functional groups attached to an aromatic ring is 1. The van der Waals surface area contributed by atoms with Crippen LogP contribution in [0, 0.1) is 10.1 Å². The molecule has 8 nitrogen and oxygen atoms in total. The van der Waals surface area contributed by atoms with Crippen molar-refractivity contribution in [2.24, 2.45) is 0 Å². The molecule has 3 N–H and O–H groups in total. The summed E-state index contributed by atoms with van der Waals surface area (Å²) < 4.78 is 5.15. The van der Waals surface area contributed by atoms with E-state index in [9.17, 15) is 14.9 Å². The Labute approximate surface area is 164 Å². The second-order valence-electron chi connectivity index (χ2n) is 5.59. The van der Waals surface area contributed by atoms with Crippen LogP contribution in [0.15, 0.2) is 70.6 Å². The number of hydrogen-bond acceptors (Lipinski definition) is 7. The number of methoxy groups -OCH3 is 1. The minimum Gasteiger partial charge on any atom is -0.480 e. The smallest absolute Gasteiger partial charge is 0.269 e. The molecule has 0 atom stereocenters. The molecule has 28 heavy (non-hydrogen) atoms. The first-order valence-electron chi connectivity index (χ1n) is 8.10. The molecular formula is C19H16N4O4S. The Bertz CT molecular complexity index is 1020. The molecule has 0 aliphatic heterocycles. The van der Waals surface area contributed by atoms with Crippen LogP contribution >= 0.6 is 11.8 Å². The highest BCUT2D eigenvalue weighted by Crippen LogP contribution is 2.34. The number of pyridine rings is 1. The number of carbonyl (C=O) groups excluding carboxylic acids is 1. The third-order valence-electron chi connectivity index (χ3n) is 3.77. The normalized spacial score (nSPS) is 10.3. The number of nitro groups is 1. The van der Waals surface area contributed by atoms with Gasteiger partial charge in [-0.15, -0.1) is 0 Å². The minimum atomic E-state index is -0.463. The number of nitrogens with zero attached hydrogens (tertiary/aromatic N) is 2. The van der Waals surface area contributed by atoms with Crippen LogP contribution < -0.4 is 15.8 Å². The van der Waals surface area contributed by atoms with E-state index in [-0.39, 0.29) is 11.6 Å². The van der Waals surface area contributed by atoms with Crippen LogP contribution in [0.3, 0.4) is 0 Å². The molecule has 3 rings (SSSR count). The van der Waals surface area contributed by atoms with Gasteiger partial charge in [-0.25, -0.2) is 4.98 Å². The number of aromatic nitrogens is 1. The van der Waals surface area contributed by atoms with Crippen molar-refractivity contribution in [2.75, 3.05) is 18.2 Å². The number of hydrogen-bond donors (Lipinski definition) is 2. The van der Waals surface area contributed by atoms with E-state index in [1.807, 2.05) is 0 Å². The van der Waals surface area contributed by atoms with Crippen molar-refractivity contribution in [3.05, 3.63) is 76.5 Å². The number of anilines is 2. The Morgan fingerprint density at radius 3 is 2.61 bits per heavy atom. The molecule has 142 valence electrons. The van der Waals surface area contributed by atoms with Gasteiger partial charge in [0.05, 0.1) is 17.6 Å². The molecule has 1 amide bonds. The average molecular weight is 396 g/mol. The van der Waals surface area contributed by atoms with Crippen LogP contribution in [0.5, 0.6) is 5.88 Å². The Morgan fingerprint density at radius 2 is 1.93 bits per heavy atom. The van der Waals surface area contributed by atoms with Gasteiger partial charge in [0.25, 0.3) is 11.6 Å². The largest absolute Gasteiger partial charge is 0.480 e. The Balaban J connectivity index is 1.89. The fraction of sp³-hybridized carbons (Fsp3) is 0.0526. The van der Waals surface area contributed by atoms with Gasteiger partial charge in [-0.05, 0) is 36.4 Å². The maximum Gasteiger partial charge on any atom is 0.269 e. The maximum atomic E-state index is 12.9. The summed E-state index contributed by atoms with van der Waals surface area (Å²) in [7, 11) is 1.46. The van der Waals surface area contributed by atoms with Crippen molar-refractivity contribution < 1.29 is 14.5 Å². The van der Waals surface area contributed by atoms with Crippen LogP contribution in [0.25, 0.3) is 0 Å². The van der Waals surface area contributed by atoms with Crippen LogP contribution in [-0.4, -0.2) is 22.9 Å². The first kappa shape index (κ1) is 19.2. The van der Waals surface area contributed by atoms with E-state index in [2.05, 4.69) is 10.3 Å². The van der Waals surface area contributed by atoms with Gasteiger partial charge in [0.1, 0.15) is 5.69 Å². The first-order chi connectivity index (χ1) is 13.5. The molecule has 0 aliphatic carbocycles. The third kappa shape index (κ3) is 4.21. The van der Waals surface area contributed by atoms with Crippen LogP contribution in [-0.2, 0) is 0 Å². The highest BCUT2D eigenvalue weighted by atomic mass is 32.2. The van der Waals surface area contributed by atoms with Crippen LogP contribution in [0.2, 0.25) is 0 Å². The lowest BCUT2D eigenvalue weighted by atomic mass is 10.1. The molecular weight excluding hydrogens is 380 g/mol. The Morgan fingerprint density at radius 1 is 1.18 bits per heavy atom. The fourth-order valence-electron chi connectivity index (χ4n) is 2.47. The molecule has 0 spiro atoms. The van der Waals surface area contributed by atoms with E-state index >= 15 is 0 Å². The lowest BCUT2D eigenvalue weighted by Crippen LogP contribution is -2.16. The standard InChI is InChI=1S/C19H16N4O4S/c1-27-19-15(5-3-11-21-19)22-18(24)17-14(20)4-2-6-16(17)28-13-9-7-12(8-10-13)23(25)26/h2-11H,20H2,1H3,(H,22,24). The van der Waals surface area contributed by atoms with Crippen molar-refractivity contribution in [1.29, 1.82) is 0 Å². The number of nitrogens with one attached hydrogen (secondary N) is 1. The molecule has 2 aromatic carbocycles. The second kappa shape index (κ2) is 8.40. The number of amides is 1. The number of ether oxygens (including phenoxy) is 1. The number of carbonyl (C=O) groups is 1. The quantitative estimate of drug-likeness (QED) is 0.367. The fourth-order valence-corrected chi connectivity index (χ4v) is 3.46. The van der Waals surface area contributed by atoms with Gasteiger partial charge < -0.3 is 15.8 Å². The molecule has 0 aliphatic rings. The molecule has 0 fully saturated rings. The van der Waals surface area contributed by atoms with Crippen LogP contribution in [0.1, 0.15) is 10.4 Å². The van der Waals surface area contributed by atoms with E-state index in [1.54, 1.807) is 48.7 Å². The molecule has 0 radical (unpaired) electrons. The highest BCUT2D eigenvalue weighted by Gasteiger charge is 2.18. The summed E-state index contributed by atoms with van der Waals surface area (Å²) in [5, 5.41) is 13.6. The Kier molecular flexibility index (Phi) is 5.75. The zero-order valence-corrected chi connectivity index (χ0v) is 15.6. The summed E-state index contributed by atoms with van der Waals surface area (Å²) >= 11 is 1.29. The summed E-state index contributed by atoms with van der Waals surface area (Å²) in [6, 6.07) is 14.6. The van der Waals surface area contributed by atoms with E-state index in [0.717, 1.165) is 4.90 Å². The maximum absolute atomic E-state index is 12.9. The van der Waals surface area contributed by atoms with Crippen molar-refractivity contribution in [3.8, 4) is 5.88 Å². The highest BCUT2D eigenvalue weighted by molar-refractivity contribution is 7.99. The first-order valence-corrected chi connectivity index (χ1v) is 8.92. The summed E-state index contributed by atoms with van der Waals surface area (Å²) in [5.41, 5.74) is 7.09. The van der Waals surface area contributed by atoms with Crippen molar-refractivity contribution in [3.63, 3.8) is 0 Å². The van der Waals surface area contributed by atoms with Gasteiger partial charge in [0.2, 0.25) is 5.88 Å². The van der Waals surface area contributed by atoms with E-state index < -0.39 is 10.8 Å². The molecule has 1 aromatic heterocycles. The number of non-ortho nitro benzene ring substituents is 1. The third-order valence-corrected chi connectivity index (χ3v) is 4.84. The molecule has 9 heteroatoms. The van der Waals surface area contributed by atoms with Gasteiger partial charge >= 0.3 is 0 Å². The number of nitrogens with two attached hydrogens (primary N) is 1. The molecule has 0 saturated heterocycles. The Hall–Kier alpha value is -3.59. The van der Waals surface area contributed by atoms with Gasteiger partial charge in [-0.1, -0.05) is 17.8 Å². The number of rotatable bonds is 6. The predicted molar refractivity (Wildman–Crippen MR) is 107 cm³/mol.